The third kappa shape index (κ3) is 3.80. The summed E-state index contributed by atoms with van der Waals surface area (Å²) >= 11 is 0. The molecule has 1 amide bonds. The average molecular weight is 335 g/mol. The lowest BCUT2D eigenvalue weighted by Crippen LogP contribution is -2.49. The van der Waals surface area contributed by atoms with Crippen LogP contribution in [0.5, 0.6) is 11.5 Å². The molecule has 24 heavy (non-hydrogen) atoms. The quantitative estimate of drug-likeness (QED) is 0.895. The minimum atomic E-state index is -0.849. The Morgan fingerprint density at radius 1 is 1.29 bits per heavy atom. The van der Waals surface area contributed by atoms with Crippen molar-refractivity contribution in [3.8, 4) is 11.5 Å². The number of piperidine rings is 1. The van der Waals surface area contributed by atoms with Gasteiger partial charge in [0, 0.05) is 18.2 Å². The highest BCUT2D eigenvalue weighted by atomic mass is 16.5. The van der Waals surface area contributed by atoms with E-state index in [0.717, 1.165) is 0 Å². The lowest BCUT2D eigenvalue weighted by molar-refractivity contribution is -0.144. The van der Waals surface area contributed by atoms with Crippen LogP contribution in [0.2, 0.25) is 0 Å². The minimum Gasteiger partial charge on any atom is -0.493 e. The molecule has 0 bridgehead atoms. The monoisotopic (exact) mass is 335 g/mol. The van der Waals surface area contributed by atoms with E-state index in [1.165, 1.54) is 7.11 Å². The summed E-state index contributed by atoms with van der Waals surface area (Å²) in [6, 6.07) is 4.73. The molecule has 6 heteroatoms. The van der Waals surface area contributed by atoms with Gasteiger partial charge in [0.15, 0.2) is 11.5 Å². The molecule has 0 unspecified atom stereocenters. The first-order chi connectivity index (χ1) is 11.3. The number of benzene rings is 1. The number of ether oxygens (including phenoxy) is 2. The molecule has 2 rings (SSSR count). The highest BCUT2D eigenvalue weighted by Gasteiger charge is 2.35. The Labute approximate surface area is 142 Å². The molecule has 1 aromatic carbocycles. The smallest absolute Gasteiger partial charge is 0.308 e. The summed E-state index contributed by atoms with van der Waals surface area (Å²) in [5.41, 5.74) is 0.473. The Hall–Kier alpha value is -2.24. The summed E-state index contributed by atoms with van der Waals surface area (Å²) in [4.78, 5) is 25.8. The molecule has 0 aromatic heterocycles. The molecule has 1 aliphatic rings. The van der Waals surface area contributed by atoms with Crippen molar-refractivity contribution in [2.24, 2.45) is 5.92 Å². The van der Waals surface area contributed by atoms with Crippen molar-refractivity contribution in [3.05, 3.63) is 23.8 Å². The number of hydrogen-bond acceptors (Lipinski definition) is 4. The molecular formula is C18H25NO5. The first kappa shape index (κ1) is 18.1. The van der Waals surface area contributed by atoms with E-state index in [0.29, 0.717) is 36.4 Å². The third-order valence-corrected chi connectivity index (χ3v) is 4.34. The maximum Gasteiger partial charge on any atom is 0.308 e. The van der Waals surface area contributed by atoms with Crippen molar-refractivity contribution < 1.29 is 24.2 Å². The number of carboxylic acids is 1. The summed E-state index contributed by atoms with van der Waals surface area (Å²) in [7, 11) is 1.53. The van der Waals surface area contributed by atoms with Crippen molar-refractivity contribution in [2.75, 3.05) is 13.7 Å². The van der Waals surface area contributed by atoms with Gasteiger partial charge in [-0.3, -0.25) is 9.59 Å². The van der Waals surface area contributed by atoms with Crippen LogP contribution in [0.4, 0.5) is 0 Å². The molecule has 0 saturated carbocycles. The number of rotatable bonds is 5. The first-order valence-corrected chi connectivity index (χ1v) is 8.23. The van der Waals surface area contributed by atoms with Gasteiger partial charge in [0.1, 0.15) is 0 Å². The fourth-order valence-corrected chi connectivity index (χ4v) is 3.08. The van der Waals surface area contributed by atoms with E-state index in [-0.39, 0.29) is 18.1 Å². The summed E-state index contributed by atoms with van der Waals surface area (Å²) in [6.45, 7) is 6.19. The van der Waals surface area contributed by atoms with Crippen molar-refractivity contribution in [1.29, 1.82) is 0 Å². The van der Waals surface area contributed by atoms with Gasteiger partial charge in [-0.05, 0) is 51.8 Å². The number of carboxylic acid groups (broad SMARTS) is 1. The van der Waals surface area contributed by atoms with E-state index in [2.05, 4.69) is 0 Å². The molecule has 0 spiro atoms. The molecule has 1 saturated heterocycles. The Morgan fingerprint density at radius 2 is 2.00 bits per heavy atom. The molecule has 1 N–H and O–H groups in total. The molecule has 1 aromatic rings. The zero-order chi connectivity index (χ0) is 17.9. The van der Waals surface area contributed by atoms with Crippen LogP contribution in [0.3, 0.4) is 0 Å². The van der Waals surface area contributed by atoms with E-state index in [1.54, 1.807) is 30.0 Å². The van der Waals surface area contributed by atoms with Crippen LogP contribution in [-0.2, 0) is 4.79 Å². The second-order valence-corrected chi connectivity index (χ2v) is 6.36. The van der Waals surface area contributed by atoms with E-state index >= 15 is 0 Å². The van der Waals surface area contributed by atoms with Gasteiger partial charge in [-0.25, -0.2) is 0 Å². The van der Waals surface area contributed by atoms with Crippen LogP contribution < -0.4 is 9.47 Å². The number of aliphatic carboxylic acids is 1. The molecular weight excluding hydrogens is 310 g/mol. The zero-order valence-electron chi connectivity index (χ0n) is 14.6. The molecule has 0 aliphatic carbocycles. The van der Waals surface area contributed by atoms with Gasteiger partial charge in [0.05, 0.1) is 19.1 Å². The molecule has 132 valence electrons. The average Bonchev–Trinajstić information content (AvgIpc) is 2.54. The topological polar surface area (TPSA) is 76.1 Å². The number of carbonyl (C=O) groups is 2. The maximum atomic E-state index is 12.8. The van der Waals surface area contributed by atoms with Gasteiger partial charge < -0.3 is 19.5 Å². The number of likely N-dealkylation sites (tertiary alicyclic amines) is 1. The predicted molar refractivity (Wildman–Crippen MR) is 89.6 cm³/mol. The van der Waals surface area contributed by atoms with Crippen LogP contribution in [0.15, 0.2) is 18.2 Å². The Kier molecular flexibility index (Phi) is 5.70. The molecule has 6 nitrogen and oxygen atoms in total. The third-order valence-electron chi connectivity index (χ3n) is 4.34. The number of methoxy groups -OCH3 is 1. The second kappa shape index (κ2) is 7.55. The molecule has 1 heterocycles. The van der Waals surface area contributed by atoms with Crippen LogP contribution >= 0.6 is 0 Å². The number of amides is 1. The first-order valence-electron chi connectivity index (χ1n) is 8.23. The molecule has 2 atom stereocenters. The highest BCUT2D eigenvalue weighted by Crippen LogP contribution is 2.31. The molecule has 1 fully saturated rings. The van der Waals surface area contributed by atoms with Crippen molar-refractivity contribution in [2.45, 2.75) is 45.8 Å². The van der Waals surface area contributed by atoms with Crippen molar-refractivity contribution >= 4 is 11.9 Å². The minimum absolute atomic E-state index is 0.00102. The summed E-state index contributed by atoms with van der Waals surface area (Å²) < 4.78 is 11.0. The largest absolute Gasteiger partial charge is 0.493 e. The van der Waals surface area contributed by atoms with Crippen molar-refractivity contribution in [3.63, 3.8) is 0 Å². The van der Waals surface area contributed by atoms with Crippen LogP contribution in [-0.4, -0.2) is 47.7 Å². The van der Waals surface area contributed by atoms with Crippen LogP contribution in [0, 0.1) is 5.92 Å². The summed E-state index contributed by atoms with van der Waals surface area (Å²) in [6.07, 6.45) is 1.29. The highest BCUT2D eigenvalue weighted by molar-refractivity contribution is 5.95. The van der Waals surface area contributed by atoms with Gasteiger partial charge in [-0.15, -0.1) is 0 Å². The molecule has 1 aliphatic heterocycles. The standard InChI is InChI=1S/C18H25NO5/c1-11(2)24-15-8-7-13(10-16(15)23-4)17(20)19-9-5-6-14(12(19)3)18(21)22/h7-8,10-12,14H,5-6,9H2,1-4H3,(H,21,22)/t12-,14-/m0/s1. The fraction of sp³-hybridized carbons (Fsp3) is 0.556. The Bertz CT molecular complexity index is 613. The van der Waals surface area contributed by atoms with E-state index in [4.69, 9.17) is 9.47 Å². The SMILES string of the molecule is COc1cc(C(=O)N2CCC[C@H](C(=O)O)[C@@H]2C)ccc1OC(C)C. The van der Waals surface area contributed by atoms with Gasteiger partial charge >= 0.3 is 5.97 Å². The lowest BCUT2D eigenvalue weighted by atomic mass is 9.90. The normalized spacial score (nSPS) is 20.8. The van der Waals surface area contributed by atoms with Crippen LogP contribution in [0.1, 0.15) is 44.0 Å². The van der Waals surface area contributed by atoms with Crippen molar-refractivity contribution in [1.82, 2.24) is 4.90 Å². The van der Waals surface area contributed by atoms with E-state index < -0.39 is 11.9 Å². The number of nitrogens with zero attached hydrogens (tertiary/aromatic N) is 1. The molecule has 0 radical (unpaired) electrons. The maximum absolute atomic E-state index is 12.8. The number of carbonyl (C=O) groups excluding carboxylic acids is 1. The summed E-state index contributed by atoms with van der Waals surface area (Å²) in [5, 5.41) is 9.31. The van der Waals surface area contributed by atoms with Gasteiger partial charge in [0.2, 0.25) is 0 Å². The number of hydrogen-bond donors (Lipinski definition) is 1. The van der Waals surface area contributed by atoms with E-state index in [1.807, 2.05) is 13.8 Å². The van der Waals surface area contributed by atoms with Gasteiger partial charge in [-0.1, -0.05) is 0 Å². The van der Waals surface area contributed by atoms with E-state index in [9.17, 15) is 14.7 Å². The van der Waals surface area contributed by atoms with Gasteiger partial charge in [0.25, 0.3) is 5.91 Å². The van der Waals surface area contributed by atoms with Crippen LogP contribution in [0.25, 0.3) is 0 Å². The summed E-state index contributed by atoms with van der Waals surface area (Å²) in [5.74, 6) is -0.470. The Balaban J connectivity index is 2.24. The second-order valence-electron chi connectivity index (χ2n) is 6.36. The van der Waals surface area contributed by atoms with Gasteiger partial charge in [-0.2, -0.15) is 0 Å². The fourth-order valence-electron chi connectivity index (χ4n) is 3.08. The Morgan fingerprint density at radius 3 is 2.58 bits per heavy atom. The lowest BCUT2D eigenvalue weighted by Gasteiger charge is -2.37. The predicted octanol–water partition coefficient (Wildman–Crippen LogP) is 2.81. The zero-order valence-corrected chi connectivity index (χ0v) is 14.6.